The van der Waals surface area contributed by atoms with E-state index in [4.69, 9.17) is 0 Å². The first-order valence-electron chi connectivity index (χ1n) is 7.42. The molecule has 106 valence electrons. The molecule has 1 heterocycles. The molecule has 0 aromatic carbocycles. The van der Waals surface area contributed by atoms with Crippen LogP contribution in [0.2, 0.25) is 0 Å². The zero-order chi connectivity index (χ0) is 13.8. The molecule has 2 rings (SSSR count). The lowest BCUT2D eigenvalue weighted by Gasteiger charge is -2.35. The maximum atomic E-state index is 4.67. The van der Waals surface area contributed by atoms with E-state index in [0.717, 1.165) is 29.8 Å². The molecule has 19 heavy (non-hydrogen) atoms. The van der Waals surface area contributed by atoms with Crippen molar-refractivity contribution in [2.75, 3.05) is 24.3 Å². The molecular weight excluding hydrogens is 236 g/mol. The van der Waals surface area contributed by atoms with Crippen molar-refractivity contribution in [1.82, 2.24) is 9.97 Å². The van der Waals surface area contributed by atoms with Gasteiger partial charge in [-0.15, -0.1) is 0 Å². The average Bonchev–Trinajstić information content (AvgIpc) is 2.45. The van der Waals surface area contributed by atoms with Crippen molar-refractivity contribution in [2.24, 2.45) is 5.92 Å². The number of nitrogens with zero attached hydrogens (tertiary/aromatic N) is 3. The summed E-state index contributed by atoms with van der Waals surface area (Å²) in [6.07, 6.45) is 6.13. The van der Waals surface area contributed by atoms with Crippen molar-refractivity contribution in [3.8, 4) is 0 Å². The van der Waals surface area contributed by atoms with Gasteiger partial charge in [-0.1, -0.05) is 26.7 Å². The van der Waals surface area contributed by atoms with E-state index >= 15 is 0 Å². The fraction of sp³-hybridized carbons (Fsp3) is 0.733. The summed E-state index contributed by atoms with van der Waals surface area (Å²) in [6.45, 7) is 4.46. The van der Waals surface area contributed by atoms with Gasteiger partial charge in [-0.2, -0.15) is 0 Å². The van der Waals surface area contributed by atoms with Crippen LogP contribution in [0, 0.1) is 5.92 Å². The fourth-order valence-electron chi connectivity index (χ4n) is 2.89. The first kappa shape index (κ1) is 14.1. The molecule has 0 saturated heterocycles. The first-order chi connectivity index (χ1) is 9.13. The Morgan fingerprint density at radius 2 is 2.16 bits per heavy atom. The van der Waals surface area contributed by atoms with Gasteiger partial charge >= 0.3 is 0 Å². The molecule has 1 aliphatic carbocycles. The number of anilines is 2. The summed E-state index contributed by atoms with van der Waals surface area (Å²) < 4.78 is 0. The van der Waals surface area contributed by atoms with Gasteiger partial charge in [0.25, 0.3) is 0 Å². The van der Waals surface area contributed by atoms with Crippen LogP contribution in [0.5, 0.6) is 0 Å². The average molecular weight is 262 g/mol. The predicted octanol–water partition coefficient (Wildman–Crippen LogP) is 3.10. The van der Waals surface area contributed by atoms with Gasteiger partial charge in [0.1, 0.15) is 17.5 Å². The highest BCUT2D eigenvalue weighted by atomic mass is 15.2. The predicted molar refractivity (Wildman–Crippen MR) is 80.8 cm³/mol. The minimum absolute atomic E-state index is 0.619. The highest BCUT2D eigenvalue weighted by molar-refractivity contribution is 5.49. The van der Waals surface area contributed by atoms with Gasteiger partial charge in [-0.3, -0.25) is 0 Å². The van der Waals surface area contributed by atoms with Crippen molar-refractivity contribution in [2.45, 2.75) is 52.0 Å². The third-order valence-electron chi connectivity index (χ3n) is 4.15. The molecule has 1 aromatic rings. The molecule has 0 spiro atoms. The molecule has 4 heteroatoms. The molecule has 1 N–H and O–H groups in total. The van der Waals surface area contributed by atoms with E-state index in [2.05, 4.69) is 47.1 Å². The second kappa shape index (κ2) is 6.22. The summed E-state index contributed by atoms with van der Waals surface area (Å²) in [5.41, 5.74) is 0. The first-order valence-corrected chi connectivity index (χ1v) is 7.42. The molecule has 2 unspecified atom stereocenters. The van der Waals surface area contributed by atoms with Crippen LogP contribution in [0.15, 0.2) is 6.07 Å². The van der Waals surface area contributed by atoms with Crippen LogP contribution in [0.1, 0.15) is 45.4 Å². The topological polar surface area (TPSA) is 41.1 Å². The number of hydrogen-bond acceptors (Lipinski definition) is 4. The van der Waals surface area contributed by atoms with Crippen molar-refractivity contribution < 1.29 is 0 Å². The van der Waals surface area contributed by atoms with Crippen LogP contribution >= 0.6 is 0 Å². The summed E-state index contributed by atoms with van der Waals surface area (Å²) in [5.74, 6) is 3.71. The fourth-order valence-corrected chi connectivity index (χ4v) is 2.89. The van der Waals surface area contributed by atoms with Gasteiger partial charge in [0, 0.05) is 32.6 Å². The van der Waals surface area contributed by atoms with Gasteiger partial charge in [0.2, 0.25) is 0 Å². The van der Waals surface area contributed by atoms with Gasteiger partial charge in [0.05, 0.1) is 0 Å². The molecule has 0 aliphatic heterocycles. The van der Waals surface area contributed by atoms with Crippen LogP contribution in [0.4, 0.5) is 11.6 Å². The molecule has 1 saturated carbocycles. The van der Waals surface area contributed by atoms with Crippen LogP contribution in [-0.2, 0) is 6.42 Å². The number of rotatable bonds is 4. The molecule has 2 atom stereocenters. The smallest absolute Gasteiger partial charge is 0.134 e. The van der Waals surface area contributed by atoms with Gasteiger partial charge < -0.3 is 10.2 Å². The van der Waals surface area contributed by atoms with Gasteiger partial charge in [-0.05, 0) is 18.8 Å². The molecule has 1 fully saturated rings. The Balaban J connectivity index is 2.19. The number of aryl methyl sites for hydroxylation is 1. The zero-order valence-electron chi connectivity index (χ0n) is 12.6. The maximum absolute atomic E-state index is 4.67. The number of hydrogen-bond donors (Lipinski definition) is 1. The van der Waals surface area contributed by atoms with Gasteiger partial charge in [0.15, 0.2) is 0 Å². The van der Waals surface area contributed by atoms with E-state index in [1.54, 1.807) is 0 Å². The van der Waals surface area contributed by atoms with E-state index in [0.29, 0.717) is 6.04 Å². The Morgan fingerprint density at radius 3 is 2.79 bits per heavy atom. The SMILES string of the molecule is CCc1nc(NC)cc(N(C)C2CCCC(C)C2)n1. The summed E-state index contributed by atoms with van der Waals surface area (Å²) in [7, 11) is 4.08. The Labute approximate surface area is 116 Å². The quantitative estimate of drug-likeness (QED) is 0.905. The summed E-state index contributed by atoms with van der Waals surface area (Å²) in [4.78, 5) is 11.5. The van der Waals surface area contributed by atoms with Gasteiger partial charge in [-0.25, -0.2) is 9.97 Å². The highest BCUT2D eigenvalue weighted by Crippen LogP contribution is 2.29. The summed E-state index contributed by atoms with van der Waals surface area (Å²) in [5, 5.41) is 3.13. The normalized spacial score (nSPS) is 23.2. The van der Waals surface area contributed by atoms with Crippen molar-refractivity contribution in [1.29, 1.82) is 0 Å². The lowest BCUT2D eigenvalue weighted by molar-refractivity contribution is 0.335. The molecule has 0 radical (unpaired) electrons. The standard InChI is InChI=1S/C15H26N4/c1-5-13-17-14(16-3)10-15(18-13)19(4)12-8-6-7-11(2)9-12/h10-12H,5-9H2,1-4H3,(H,16,17,18). The second-order valence-corrected chi connectivity index (χ2v) is 5.67. The minimum Gasteiger partial charge on any atom is -0.373 e. The van der Waals surface area contributed by atoms with Crippen LogP contribution in [0.3, 0.4) is 0 Å². The van der Waals surface area contributed by atoms with E-state index in [9.17, 15) is 0 Å². The van der Waals surface area contributed by atoms with Crippen LogP contribution < -0.4 is 10.2 Å². The van der Waals surface area contributed by atoms with Crippen molar-refractivity contribution in [3.05, 3.63) is 11.9 Å². The summed E-state index contributed by atoms with van der Waals surface area (Å²) >= 11 is 0. The molecule has 0 bridgehead atoms. The lowest BCUT2D eigenvalue weighted by atomic mass is 9.86. The van der Waals surface area contributed by atoms with Crippen molar-refractivity contribution in [3.63, 3.8) is 0 Å². The number of aromatic nitrogens is 2. The molecular formula is C15H26N4. The largest absolute Gasteiger partial charge is 0.373 e. The van der Waals surface area contributed by atoms with E-state index in [1.165, 1.54) is 25.7 Å². The second-order valence-electron chi connectivity index (χ2n) is 5.67. The zero-order valence-corrected chi connectivity index (χ0v) is 12.6. The Bertz CT molecular complexity index is 396. The molecule has 4 nitrogen and oxygen atoms in total. The van der Waals surface area contributed by atoms with E-state index in [1.807, 2.05) is 7.05 Å². The molecule has 1 aliphatic rings. The number of nitrogens with one attached hydrogen (secondary N) is 1. The molecule has 1 aromatic heterocycles. The third-order valence-corrected chi connectivity index (χ3v) is 4.15. The maximum Gasteiger partial charge on any atom is 0.134 e. The van der Waals surface area contributed by atoms with Crippen LogP contribution in [0.25, 0.3) is 0 Å². The van der Waals surface area contributed by atoms with E-state index < -0.39 is 0 Å². The van der Waals surface area contributed by atoms with Crippen LogP contribution in [-0.4, -0.2) is 30.1 Å². The highest BCUT2D eigenvalue weighted by Gasteiger charge is 2.23. The van der Waals surface area contributed by atoms with E-state index in [-0.39, 0.29) is 0 Å². The monoisotopic (exact) mass is 262 g/mol. The minimum atomic E-state index is 0.619. The molecule has 0 amide bonds. The Hall–Kier alpha value is -1.32. The summed E-state index contributed by atoms with van der Waals surface area (Å²) in [6, 6.07) is 2.67. The lowest BCUT2D eigenvalue weighted by Crippen LogP contribution is -2.36. The third kappa shape index (κ3) is 3.37. The van der Waals surface area contributed by atoms with Crippen molar-refractivity contribution >= 4 is 11.6 Å². The Morgan fingerprint density at radius 1 is 1.37 bits per heavy atom. The Kier molecular flexibility index (Phi) is 4.61.